The molecular formula is C6H7N3O5. The van der Waals surface area contributed by atoms with Gasteiger partial charge in [-0.25, -0.2) is 9.78 Å². The molecule has 1 heterocycles. The van der Waals surface area contributed by atoms with E-state index in [4.69, 9.17) is 10.8 Å². The molecule has 0 saturated carbocycles. The summed E-state index contributed by atoms with van der Waals surface area (Å²) in [6.45, 7) is 0. The minimum absolute atomic E-state index is 0. The van der Waals surface area contributed by atoms with Crippen molar-refractivity contribution < 1.29 is 20.3 Å². The van der Waals surface area contributed by atoms with E-state index in [2.05, 4.69) is 4.98 Å². The Hall–Kier alpha value is -2.22. The molecule has 0 radical (unpaired) electrons. The number of nitro groups is 1. The molecule has 14 heavy (non-hydrogen) atoms. The minimum atomic E-state index is -1.28. The molecule has 5 N–H and O–H groups in total. The van der Waals surface area contributed by atoms with Gasteiger partial charge in [-0.3, -0.25) is 10.1 Å². The number of hydrogen-bond acceptors (Lipinski definition) is 5. The molecule has 0 bridgehead atoms. The van der Waals surface area contributed by atoms with E-state index in [1.54, 1.807) is 0 Å². The maximum absolute atomic E-state index is 10.3. The second kappa shape index (κ2) is 4.14. The molecule has 1 aromatic rings. The lowest BCUT2D eigenvalue weighted by atomic mass is 10.3. The van der Waals surface area contributed by atoms with Crippen molar-refractivity contribution in [2.45, 2.75) is 0 Å². The summed E-state index contributed by atoms with van der Waals surface area (Å²) in [6, 6.07) is 0.945. The summed E-state index contributed by atoms with van der Waals surface area (Å²) in [6.07, 6.45) is 0.818. The van der Waals surface area contributed by atoms with Gasteiger partial charge in [0, 0.05) is 6.07 Å². The number of hydrogen-bond donors (Lipinski definition) is 2. The van der Waals surface area contributed by atoms with Crippen LogP contribution >= 0.6 is 0 Å². The quantitative estimate of drug-likeness (QED) is 0.483. The Kier molecular flexibility index (Phi) is 3.48. The van der Waals surface area contributed by atoms with E-state index in [0.29, 0.717) is 0 Å². The van der Waals surface area contributed by atoms with Crippen LogP contribution in [0.2, 0.25) is 0 Å². The van der Waals surface area contributed by atoms with Crippen LogP contribution in [0.3, 0.4) is 0 Å². The lowest BCUT2D eigenvalue weighted by Crippen LogP contribution is -2.03. The molecule has 8 heteroatoms. The number of aromatic nitrogens is 1. The van der Waals surface area contributed by atoms with Gasteiger partial charge in [0.1, 0.15) is 11.9 Å². The number of nitrogens with two attached hydrogens (primary N) is 1. The number of carboxylic acid groups (broad SMARTS) is 1. The van der Waals surface area contributed by atoms with E-state index in [-0.39, 0.29) is 16.9 Å². The SMILES string of the molecule is Nc1cc(C(=O)O)ncc1[N+](=O)[O-].O. The third kappa shape index (κ3) is 2.14. The van der Waals surface area contributed by atoms with Crippen molar-refractivity contribution in [3.8, 4) is 0 Å². The highest BCUT2D eigenvalue weighted by atomic mass is 16.6. The Balaban J connectivity index is 0.00000169. The lowest BCUT2D eigenvalue weighted by molar-refractivity contribution is -0.384. The number of carbonyl (C=O) groups is 1. The first-order valence-electron chi connectivity index (χ1n) is 3.15. The highest BCUT2D eigenvalue weighted by molar-refractivity contribution is 5.87. The molecule has 8 nitrogen and oxygen atoms in total. The lowest BCUT2D eigenvalue weighted by Gasteiger charge is -1.97. The van der Waals surface area contributed by atoms with Gasteiger partial charge in [-0.2, -0.15) is 0 Å². The summed E-state index contributed by atoms with van der Waals surface area (Å²) >= 11 is 0. The highest BCUT2D eigenvalue weighted by Gasteiger charge is 2.14. The predicted molar refractivity (Wildman–Crippen MR) is 45.9 cm³/mol. The number of carboxylic acids is 1. The third-order valence-corrected chi connectivity index (χ3v) is 1.33. The fraction of sp³-hybridized carbons (Fsp3) is 0. The van der Waals surface area contributed by atoms with Crippen LogP contribution in [0.15, 0.2) is 12.3 Å². The molecule has 0 aliphatic rings. The average molecular weight is 201 g/mol. The maximum atomic E-state index is 10.3. The molecule has 0 aliphatic heterocycles. The van der Waals surface area contributed by atoms with Crippen molar-refractivity contribution in [1.82, 2.24) is 4.98 Å². The Bertz CT molecular complexity index is 378. The van der Waals surface area contributed by atoms with E-state index >= 15 is 0 Å². The Labute approximate surface area is 77.4 Å². The molecule has 0 saturated heterocycles. The van der Waals surface area contributed by atoms with Crippen LogP contribution in [0.1, 0.15) is 10.5 Å². The van der Waals surface area contributed by atoms with E-state index in [9.17, 15) is 14.9 Å². The predicted octanol–water partition coefficient (Wildman–Crippen LogP) is -0.554. The van der Waals surface area contributed by atoms with E-state index < -0.39 is 16.6 Å². The largest absolute Gasteiger partial charge is 0.477 e. The van der Waals surface area contributed by atoms with Gasteiger partial charge >= 0.3 is 11.7 Å². The summed E-state index contributed by atoms with van der Waals surface area (Å²) in [5.41, 5.74) is 4.29. The summed E-state index contributed by atoms with van der Waals surface area (Å²) in [5.74, 6) is -1.28. The first kappa shape index (κ1) is 11.8. The van der Waals surface area contributed by atoms with Gasteiger partial charge in [-0.1, -0.05) is 0 Å². The first-order valence-corrected chi connectivity index (χ1v) is 3.15. The van der Waals surface area contributed by atoms with Crippen LogP contribution in [-0.4, -0.2) is 26.5 Å². The van der Waals surface area contributed by atoms with Crippen LogP contribution in [0.5, 0.6) is 0 Å². The smallest absolute Gasteiger partial charge is 0.354 e. The second-order valence-corrected chi connectivity index (χ2v) is 2.19. The van der Waals surface area contributed by atoms with Crippen molar-refractivity contribution in [1.29, 1.82) is 0 Å². The molecule has 1 rings (SSSR count). The van der Waals surface area contributed by atoms with Gasteiger partial charge in [-0.05, 0) is 0 Å². The van der Waals surface area contributed by atoms with Crippen molar-refractivity contribution in [2.75, 3.05) is 5.73 Å². The minimum Gasteiger partial charge on any atom is -0.477 e. The number of nitrogens with zero attached hydrogens (tertiary/aromatic N) is 2. The zero-order valence-electron chi connectivity index (χ0n) is 6.80. The van der Waals surface area contributed by atoms with Gasteiger partial charge in [0.25, 0.3) is 0 Å². The fourth-order valence-electron chi connectivity index (χ4n) is 0.733. The first-order chi connectivity index (χ1) is 6.02. The van der Waals surface area contributed by atoms with Crippen LogP contribution in [0, 0.1) is 10.1 Å². The summed E-state index contributed by atoms with van der Waals surface area (Å²) in [5, 5.41) is 18.7. The van der Waals surface area contributed by atoms with Crippen LogP contribution in [0.4, 0.5) is 11.4 Å². The number of rotatable bonds is 2. The molecule has 76 valence electrons. The topological polar surface area (TPSA) is 151 Å². The van der Waals surface area contributed by atoms with Crippen LogP contribution in [-0.2, 0) is 0 Å². The molecule has 0 aliphatic carbocycles. The standard InChI is InChI=1S/C6H5N3O4.H2O/c7-3-1-4(6(10)11)8-2-5(3)9(12)13;/h1-2H,(H2,7,8)(H,10,11);1H2. The highest BCUT2D eigenvalue weighted by Crippen LogP contribution is 2.19. The Morgan fingerprint density at radius 2 is 2.21 bits per heavy atom. The Morgan fingerprint density at radius 1 is 1.64 bits per heavy atom. The molecule has 0 aromatic carbocycles. The number of anilines is 1. The number of pyridine rings is 1. The van der Waals surface area contributed by atoms with Gasteiger partial charge < -0.3 is 16.3 Å². The molecule has 0 unspecified atom stereocenters. The molecule has 0 atom stereocenters. The van der Waals surface area contributed by atoms with Gasteiger partial charge in [0.15, 0.2) is 5.69 Å². The van der Waals surface area contributed by atoms with Gasteiger partial charge in [0.05, 0.1) is 4.92 Å². The zero-order chi connectivity index (χ0) is 10.0. The second-order valence-electron chi connectivity index (χ2n) is 2.19. The summed E-state index contributed by atoms with van der Waals surface area (Å²) < 4.78 is 0. The molecular weight excluding hydrogens is 194 g/mol. The monoisotopic (exact) mass is 201 g/mol. The molecule has 0 fully saturated rings. The third-order valence-electron chi connectivity index (χ3n) is 1.33. The van der Waals surface area contributed by atoms with E-state index in [0.717, 1.165) is 12.3 Å². The van der Waals surface area contributed by atoms with E-state index in [1.165, 1.54) is 0 Å². The van der Waals surface area contributed by atoms with Gasteiger partial charge in [-0.15, -0.1) is 0 Å². The van der Waals surface area contributed by atoms with Crippen LogP contribution in [0.25, 0.3) is 0 Å². The Morgan fingerprint density at radius 3 is 2.57 bits per heavy atom. The van der Waals surface area contributed by atoms with Crippen molar-refractivity contribution in [2.24, 2.45) is 0 Å². The maximum Gasteiger partial charge on any atom is 0.354 e. The molecule has 1 aromatic heterocycles. The molecule has 0 amide bonds. The number of nitrogen functional groups attached to an aromatic ring is 1. The summed E-state index contributed by atoms with van der Waals surface area (Å²) in [4.78, 5) is 23.2. The van der Waals surface area contributed by atoms with Crippen LogP contribution < -0.4 is 5.73 Å². The van der Waals surface area contributed by atoms with Crippen molar-refractivity contribution in [3.05, 3.63) is 28.1 Å². The normalized spacial score (nSPS) is 8.86. The summed E-state index contributed by atoms with van der Waals surface area (Å²) in [7, 11) is 0. The fourth-order valence-corrected chi connectivity index (χ4v) is 0.733. The molecule has 0 spiro atoms. The van der Waals surface area contributed by atoms with E-state index in [1.807, 2.05) is 0 Å². The van der Waals surface area contributed by atoms with Crippen molar-refractivity contribution >= 4 is 17.3 Å². The zero-order valence-corrected chi connectivity index (χ0v) is 6.80. The van der Waals surface area contributed by atoms with Gasteiger partial charge in [0.2, 0.25) is 0 Å². The number of aromatic carboxylic acids is 1. The average Bonchev–Trinajstić information content (AvgIpc) is 2.03. The van der Waals surface area contributed by atoms with Crippen molar-refractivity contribution in [3.63, 3.8) is 0 Å².